The number of carboxylic acids is 1. The van der Waals surface area contributed by atoms with Crippen LogP contribution in [0.1, 0.15) is 60.2 Å². The molecule has 1 unspecified atom stereocenters. The van der Waals surface area contributed by atoms with Gasteiger partial charge in [-0.2, -0.15) is 0 Å². The van der Waals surface area contributed by atoms with E-state index >= 15 is 0 Å². The SMILES string of the molecule is CC(C)CCC1CCCN1C(=O)c1ccc(C(=O)O)cc1. The maximum atomic E-state index is 12.6. The van der Waals surface area contributed by atoms with Crippen LogP contribution in [0.4, 0.5) is 0 Å². The van der Waals surface area contributed by atoms with Gasteiger partial charge in [0.2, 0.25) is 0 Å². The summed E-state index contributed by atoms with van der Waals surface area (Å²) in [4.78, 5) is 25.4. The zero-order valence-electron chi connectivity index (χ0n) is 12.7. The Morgan fingerprint density at radius 2 is 1.86 bits per heavy atom. The van der Waals surface area contributed by atoms with Crippen molar-refractivity contribution in [2.75, 3.05) is 6.54 Å². The number of rotatable bonds is 5. The van der Waals surface area contributed by atoms with Crippen LogP contribution in [0.3, 0.4) is 0 Å². The fraction of sp³-hybridized carbons (Fsp3) is 0.529. The molecule has 2 rings (SSSR count). The van der Waals surface area contributed by atoms with Crippen molar-refractivity contribution in [2.45, 2.75) is 45.6 Å². The standard InChI is InChI=1S/C17H23NO3/c1-12(2)5-10-15-4-3-11-18(15)16(19)13-6-8-14(9-7-13)17(20)21/h6-9,12,15H,3-5,10-11H2,1-2H3,(H,20,21). The Morgan fingerprint density at radius 3 is 2.43 bits per heavy atom. The Balaban J connectivity index is 2.05. The van der Waals surface area contributed by atoms with Crippen LogP contribution in [0.2, 0.25) is 0 Å². The lowest BCUT2D eigenvalue weighted by Crippen LogP contribution is -2.35. The van der Waals surface area contributed by atoms with Gasteiger partial charge in [0.1, 0.15) is 0 Å². The molecule has 0 radical (unpaired) electrons. The van der Waals surface area contributed by atoms with E-state index in [0.717, 1.165) is 32.2 Å². The summed E-state index contributed by atoms with van der Waals surface area (Å²) in [5.41, 5.74) is 0.792. The number of hydrogen-bond acceptors (Lipinski definition) is 2. The Bertz CT molecular complexity index is 507. The van der Waals surface area contributed by atoms with Crippen LogP contribution in [0.5, 0.6) is 0 Å². The second-order valence-electron chi connectivity index (χ2n) is 6.15. The summed E-state index contributed by atoms with van der Waals surface area (Å²) in [5.74, 6) is -0.291. The van der Waals surface area contributed by atoms with Crippen LogP contribution in [0.25, 0.3) is 0 Å². The van der Waals surface area contributed by atoms with Crippen LogP contribution in [-0.4, -0.2) is 34.5 Å². The third kappa shape index (κ3) is 3.84. The molecule has 0 saturated carbocycles. The molecule has 1 fully saturated rings. The fourth-order valence-electron chi connectivity index (χ4n) is 2.85. The van der Waals surface area contributed by atoms with E-state index in [9.17, 15) is 9.59 Å². The van der Waals surface area contributed by atoms with Crippen molar-refractivity contribution in [2.24, 2.45) is 5.92 Å². The number of amides is 1. The van der Waals surface area contributed by atoms with Crippen LogP contribution in [0, 0.1) is 5.92 Å². The third-order valence-corrected chi connectivity index (χ3v) is 4.09. The highest BCUT2D eigenvalue weighted by atomic mass is 16.4. The highest BCUT2D eigenvalue weighted by Gasteiger charge is 2.29. The van der Waals surface area contributed by atoms with Gasteiger partial charge in [-0.15, -0.1) is 0 Å². The fourth-order valence-corrected chi connectivity index (χ4v) is 2.85. The zero-order chi connectivity index (χ0) is 15.4. The number of benzene rings is 1. The Hall–Kier alpha value is -1.84. The lowest BCUT2D eigenvalue weighted by molar-refractivity contribution is 0.0691. The quantitative estimate of drug-likeness (QED) is 0.903. The zero-order valence-corrected chi connectivity index (χ0v) is 12.7. The average Bonchev–Trinajstić information content (AvgIpc) is 2.92. The molecule has 1 atom stereocenters. The molecule has 1 aliphatic rings. The van der Waals surface area contributed by atoms with E-state index in [1.165, 1.54) is 12.1 Å². The van der Waals surface area contributed by atoms with E-state index in [1.807, 2.05) is 4.90 Å². The molecule has 1 aromatic carbocycles. The molecule has 0 aliphatic carbocycles. The van der Waals surface area contributed by atoms with Gasteiger partial charge < -0.3 is 10.0 Å². The van der Waals surface area contributed by atoms with Gasteiger partial charge in [-0.25, -0.2) is 4.79 Å². The minimum absolute atomic E-state index is 0.0261. The molecular formula is C17H23NO3. The van der Waals surface area contributed by atoms with Crippen molar-refractivity contribution in [1.82, 2.24) is 4.90 Å². The molecule has 1 amide bonds. The normalized spacial score (nSPS) is 18.2. The molecule has 1 heterocycles. The highest BCUT2D eigenvalue weighted by Crippen LogP contribution is 2.25. The average molecular weight is 289 g/mol. The van der Waals surface area contributed by atoms with Gasteiger partial charge in [-0.05, 0) is 55.9 Å². The first-order chi connectivity index (χ1) is 9.99. The summed E-state index contributed by atoms with van der Waals surface area (Å²) in [6.45, 7) is 5.21. The maximum Gasteiger partial charge on any atom is 0.335 e. The molecule has 0 bridgehead atoms. The summed E-state index contributed by atoms with van der Waals surface area (Å²) < 4.78 is 0. The highest BCUT2D eigenvalue weighted by molar-refractivity contribution is 5.96. The van der Waals surface area contributed by atoms with Crippen molar-refractivity contribution < 1.29 is 14.7 Å². The lowest BCUT2D eigenvalue weighted by atomic mass is 10.0. The number of nitrogens with zero attached hydrogens (tertiary/aromatic N) is 1. The second kappa shape index (κ2) is 6.74. The third-order valence-electron chi connectivity index (χ3n) is 4.09. The van der Waals surface area contributed by atoms with Crippen LogP contribution >= 0.6 is 0 Å². The number of likely N-dealkylation sites (tertiary alicyclic amines) is 1. The predicted molar refractivity (Wildman–Crippen MR) is 81.5 cm³/mol. The minimum Gasteiger partial charge on any atom is -0.478 e. The Labute approximate surface area is 125 Å². The lowest BCUT2D eigenvalue weighted by Gasteiger charge is -2.25. The number of carboxylic acid groups (broad SMARTS) is 1. The first kappa shape index (κ1) is 15.5. The van der Waals surface area contributed by atoms with Crippen LogP contribution in [0.15, 0.2) is 24.3 Å². The number of carbonyl (C=O) groups is 2. The van der Waals surface area contributed by atoms with Gasteiger partial charge in [0, 0.05) is 18.2 Å². The molecule has 0 aromatic heterocycles. The second-order valence-corrected chi connectivity index (χ2v) is 6.15. The largest absolute Gasteiger partial charge is 0.478 e. The van der Waals surface area contributed by atoms with Gasteiger partial charge in [-0.3, -0.25) is 4.79 Å². The molecule has 4 nitrogen and oxygen atoms in total. The van der Waals surface area contributed by atoms with E-state index in [-0.39, 0.29) is 11.5 Å². The smallest absolute Gasteiger partial charge is 0.335 e. The van der Waals surface area contributed by atoms with Gasteiger partial charge in [0.15, 0.2) is 0 Å². The Kier molecular flexibility index (Phi) is 4.99. The summed E-state index contributed by atoms with van der Waals surface area (Å²) in [5, 5.41) is 8.89. The molecule has 1 aliphatic heterocycles. The number of aromatic carboxylic acids is 1. The summed E-state index contributed by atoms with van der Waals surface area (Å²) in [7, 11) is 0. The maximum absolute atomic E-state index is 12.6. The van der Waals surface area contributed by atoms with Crippen LogP contribution in [-0.2, 0) is 0 Å². The van der Waals surface area contributed by atoms with Gasteiger partial charge >= 0.3 is 5.97 Å². The molecule has 4 heteroatoms. The molecule has 1 saturated heterocycles. The first-order valence-corrected chi connectivity index (χ1v) is 7.63. The molecule has 0 spiro atoms. The number of hydrogen-bond donors (Lipinski definition) is 1. The van der Waals surface area contributed by atoms with Crippen molar-refractivity contribution in [3.63, 3.8) is 0 Å². The van der Waals surface area contributed by atoms with Crippen LogP contribution < -0.4 is 0 Å². The molecule has 114 valence electrons. The van der Waals surface area contributed by atoms with E-state index in [0.29, 0.717) is 17.5 Å². The van der Waals surface area contributed by atoms with Gasteiger partial charge in [0.05, 0.1) is 5.56 Å². The predicted octanol–water partition coefficient (Wildman–Crippen LogP) is 3.43. The molecule has 21 heavy (non-hydrogen) atoms. The molecule has 1 N–H and O–H groups in total. The van der Waals surface area contributed by atoms with Crippen molar-refractivity contribution >= 4 is 11.9 Å². The van der Waals surface area contributed by atoms with Crippen molar-refractivity contribution in [3.05, 3.63) is 35.4 Å². The molecular weight excluding hydrogens is 266 g/mol. The monoisotopic (exact) mass is 289 g/mol. The number of carbonyl (C=O) groups excluding carboxylic acids is 1. The van der Waals surface area contributed by atoms with E-state index in [1.54, 1.807) is 12.1 Å². The van der Waals surface area contributed by atoms with E-state index < -0.39 is 5.97 Å². The summed E-state index contributed by atoms with van der Waals surface area (Å²) in [6.07, 6.45) is 4.32. The van der Waals surface area contributed by atoms with Crippen molar-refractivity contribution in [3.8, 4) is 0 Å². The minimum atomic E-state index is -0.968. The topological polar surface area (TPSA) is 57.6 Å². The van der Waals surface area contributed by atoms with Gasteiger partial charge in [0.25, 0.3) is 5.91 Å². The van der Waals surface area contributed by atoms with E-state index in [2.05, 4.69) is 13.8 Å². The summed E-state index contributed by atoms with van der Waals surface area (Å²) in [6, 6.07) is 6.55. The van der Waals surface area contributed by atoms with E-state index in [4.69, 9.17) is 5.11 Å². The van der Waals surface area contributed by atoms with Gasteiger partial charge in [-0.1, -0.05) is 13.8 Å². The van der Waals surface area contributed by atoms with Crippen molar-refractivity contribution in [1.29, 1.82) is 0 Å². The first-order valence-electron chi connectivity index (χ1n) is 7.63. The molecule has 1 aromatic rings. The Morgan fingerprint density at radius 1 is 1.24 bits per heavy atom. The summed E-state index contributed by atoms with van der Waals surface area (Å²) >= 11 is 0.